The molecule has 1 unspecified atom stereocenters. The topological polar surface area (TPSA) is 70.7 Å². The third-order valence-corrected chi connectivity index (χ3v) is 4.67. The average molecular weight is 324 g/mol. The standard InChI is InChI=1S/C17H16N4OS/c1-11(9-18)10-19-16(22)15-8-14-12(2)20-21(17(14)23-15)13-6-4-3-5-7-13/h3-8,11H,10H2,1-2H3,(H,19,22). The van der Waals surface area contributed by atoms with Crippen molar-refractivity contribution in [2.45, 2.75) is 13.8 Å². The van der Waals surface area contributed by atoms with E-state index >= 15 is 0 Å². The van der Waals surface area contributed by atoms with Crippen LogP contribution in [-0.2, 0) is 0 Å². The Bertz CT molecular complexity index is 889. The molecule has 6 heteroatoms. The van der Waals surface area contributed by atoms with E-state index in [9.17, 15) is 4.79 Å². The number of para-hydroxylation sites is 1. The normalized spacial score (nSPS) is 12.0. The molecule has 0 saturated carbocycles. The van der Waals surface area contributed by atoms with Gasteiger partial charge in [0.2, 0.25) is 0 Å². The summed E-state index contributed by atoms with van der Waals surface area (Å²) in [5.74, 6) is -0.345. The number of rotatable bonds is 4. The SMILES string of the molecule is Cc1nn(-c2ccccc2)c2sc(C(=O)NCC(C)C#N)cc12. The highest BCUT2D eigenvalue weighted by atomic mass is 32.1. The first-order valence-corrected chi connectivity index (χ1v) is 8.14. The molecule has 0 radical (unpaired) electrons. The van der Waals surface area contributed by atoms with E-state index in [4.69, 9.17) is 5.26 Å². The first-order chi connectivity index (χ1) is 11.1. The second kappa shape index (κ2) is 6.23. The number of fused-ring (bicyclic) bond motifs is 1. The Hall–Kier alpha value is -2.65. The van der Waals surface area contributed by atoms with Crippen molar-refractivity contribution < 1.29 is 4.79 Å². The van der Waals surface area contributed by atoms with Crippen molar-refractivity contribution in [3.8, 4) is 11.8 Å². The molecule has 116 valence electrons. The zero-order chi connectivity index (χ0) is 16.4. The number of aromatic nitrogens is 2. The van der Waals surface area contributed by atoms with Gasteiger partial charge in [0.15, 0.2) is 0 Å². The molecule has 1 N–H and O–H groups in total. The van der Waals surface area contributed by atoms with Crippen molar-refractivity contribution in [3.05, 3.63) is 47.0 Å². The molecule has 0 aliphatic carbocycles. The molecule has 23 heavy (non-hydrogen) atoms. The molecule has 0 aliphatic rings. The third kappa shape index (κ3) is 2.96. The van der Waals surface area contributed by atoms with Crippen LogP contribution in [0.4, 0.5) is 0 Å². The fourth-order valence-corrected chi connectivity index (χ4v) is 3.38. The lowest BCUT2D eigenvalue weighted by atomic mass is 10.2. The van der Waals surface area contributed by atoms with Crippen molar-refractivity contribution in [1.29, 1.82) is 5.26 Å². The summed E-state index contributed by atoms with van der Waals surface area (Å²) in [6.45, 7) is 4.07. The second-order valence-corrected chi connectivity index (χ2v) is 6.43. The Kier molecular flexibility index (Phi) is 4.13. The molecule has 1 amide bonds. The quantitative estimate of drug-likeness (QED) is 0.800. The van der Waals surface area contributed by atoms with Crippen molar-refractivity contribution >= 4 is 27.5 Å². The summed E-state index contributed by atoms with van der Waals surface area (Å²) in [7, 11) is 0. The van der Waals surface area contributed by atoms with Gasteiger partial charge in [-0.3, -0.25) is 4.79 Å². The number of amides is 1. The highest BCUT2D eigenvalue weighted by Crippen LogP contribution is 2.30. The van der Waals surface area contributed by atoms with Crippen molar-refractivity contribution in [2.75, 3.05) is 6.54 Å². The molecule has 0 saturated heterocycles. The van der Waals surface area contributed by atoms with Crippen LogP contribution >= 0.6 is 11.3 Å². The number of thiophene rings is 1. The van der Waals surface area contributed by atoms with E-state index < -0.39 is 0 Å². The largest absolute Gasteiger partial charge is 0.350 e. The van der Waals surface area contributed by atoms with Crippen molar-refractivity contribution in [1.82, 2.24) is 15.1 Å². The smallest absolute Gasteiger partial charge is 0.261 e. The summed E-state index contributed by atoms with van der Waals surface area (Å²) in [6.07, 6.45) is 0. The number of aryl methyl sites for hydroxylation is 1. The average Bonchev–Trinajstić information content (AvgIpc) is 3.14. The van der Waals surface area contributed by atoms with Gasteiger partial charge in [-0.15, -0.1) is 11.3 Å². The molecule has 3 aromatic rings. The number of carbonyl (C=O) groups is 1. The van der Waals surface area contributed by atoms with Gasteiger partial charge in [-0.25, -0.2) is 4.68 Å². The minimum Gasteiger partial charge on any atom is -0.350 e. The summed E-state index contributed by atoms with van der Waals surface area (Å²) < 4.78 is 1.87. The van der Waals surface area contributed by atoms with E-state index in [1.165, 1.54) is 11.3 Å². The minimum atomic E-state index is -0.199. The lowest BCUT2D eigenvalue weighted by Gasteiger charge is -2.04. The van der Waals surface area contributed by atoms with E-state index in [-0.39, 0.29) is 11.8 Å². The van der Waals surface area contributed by atoms with Crippen LogP contribution in [-0.4, -0.2) is 22.2 Å². The number of nitrogens with one attached hydrogen (secondary N) is 1. The van der Waals surface area contributed by atoms with Crippen LogP contribution in [0.1, 0.15) is 22.3 Å². The van der Waals surface area contributed by atoms with Gasteiger partial charge >= 0.3 is 0 Å². The predicted octanol–water partition coefficient (Wildman–Crippen LogP) is 3.28. The second-order valence-electron chi connectivity index (χ2n) is 5.40. The molecule has 3 rings (SSSR count). The van der Waals surface area contributed by atoms with E-state index in [1.54, 1.807) is 6.92 Å². The number of carbonyl (C=O) groups excluding carboxylic acids is 1. The predicted molar refractivity (Wildman–Crippen MR) is 90.8 cm³/mol. The van der Waals surface area contributed by atoms with Gasteiger partial charge in [0.05, 0.1) is 28.2 Å². The van der Waals surface area contributed by atoms with E-state index in [2.05, 4.69) is 16.5 Å². The number of hydrogen-bond acceptors (Lipinski definition) is 4. The fraction of sp³-hybridized carbons (Fsp3) is 0.235. The highest BCUT2D eigenvalue weighted by Gasteiger charge is 2.17. The Morgan fingerprint density at radius 1 is 1.43 bits per heavy atom. The maximum atomic E-state index is 12.3. The van der Waals surface area contributed by atoms with Crippen LogP contribution in [0, 0.1) is 24.2 Å². The number of benzene rings is 1. The van der Waals surface area contributed by atoms with Crippen LogP contribution in [0.25, 0.3) is 15.9 Å². The van der Waals surface area contributed by atoms with E-state index in [0.717, 1.165) is 21.6 Å². The fourth-order valence-electron chi connectivity index (χ4n) is 2.28. The molecule has 1 atom stereocenters. The molecular formula is C17H16N4OS. The van der Waals surface area contributed by atoms with Gasteiger partial charge in [0, 0.05) is 11.9 Å². The number of hydrogen-bond donors (Lipinski definition) is 1. The third-order valence-electron chi connectivity index (χ3n) is 3.56. The van der Waals surface area contributed by atoms with E-state index in [1.807, 2.05) is 48.0 Å². The maximum absolute atomic E-state index is 12.3. The Balaban J connectivity index is 1.94. The molecule has 0 spiro atoms. The zero-order valence-electron chi connectivity index (χ0n) is 12.9. The highest BCUT2D eigenvalue weighted by molar-refractivity contribution is 7.20. The zero-order valence-corrected chi connectivity index (χ0v) is 13.7. The summed E-state index contributed by atoms with van der Waals surface area (Å²) >= 11 is 1.41. The van der Waals surface area contributed by atoms with Crippen LogP contribution in [0.5, 0.6) is 0 Å². The van der Waals surface area contributed by atoms with Crippen molar-refractivity contribution in [2.24, 2.45) is 5.92 Å². The lowest BCUT2D eigenvalue weighted by Crippen LogP contribution is -2.27. The van der Waals surface area contributed by atoms with Crippen LogP contribution < -0.4 is 5.32 Å². The summed E-state index contributed by atoms with van der Waals surface area (Å²) in [6, 6.07) is 13.8. The van der Waals surface area contributed by atoms with Gasteiger partial charge in [-0.05, 0) is 32.0 Å². The summed E-state index contributed by atoms with van der Waals surface area (Å²) in [4.78, 5) is 13.8. The van der Waals surface area contributed by atoms with Gasteiger partial charge < -0.3 is 5.32 Å². The monoisotopic (exact) mass is 324 g/mol. The molecular weight excluding hydrogens is 308 g/mol. The first kappa shape index (κ1) is 15.3. The van der Waals surface area contributed by atoms with Crippen molar-refractivity contribution in [3.63, 3.8) is 0 Å². The van der Waals surface area contributed by atoms with E-state index in [0.29, 0.717) is 11.4 Å². The molecule has 2 aromatic heterocycles. The van der Waals surface area contributed by atoms with Crippen LogP contribution in [0.2, 0.25) is 0 Å². The number of nitrogens with zero attached hydrogens (tertiary/aromatic N) is 3. The molecule has 0 aliphatic heterocycles. The van der Waals surface area contributed by atoms with Gasteiger partial charge in [0.25, 0.3) is 5.91 Å². The lowest BCUT2D eigenvalue weighted by molar-refractivity contribution is 0.0955. The summed E-state index contributed by atoms with van der Waals surface area (Å²) in [5, 5.41) is 17.1. The molecule has 2 heterocycles. The van der Waals surface area contributed by atoms with Gasteiger partial charge in [0.1, 0.15) is 4.83 Å². The number of nitriles is 1. The van der Waals surface area contributed by atoms with Gasteiger partial charge in [-0.1, -0.05) is 18.2 Å². The van der Waals surface area contributed by atoms with Gasteiger partial charge in [-0.2, -0.15) is 10.4 Å². The Labute approximate surface area is 138 Å². The van der Waals surface area contributed by atoms with Crippen LogP contribution in [0.3, 0.4) is 0 Å². The minimum absolute atomic E-state index is 0.146. The Morgan fingerprint density at radius 3 is 2.87 bits per heavy atom. The maximum Gasteiger partial charge on any atom is 0.261 e. The molecule has 5 nitrogen and oxygen atoms in total. The Morgan fingerprint density at radius 2 is 2.17 bits per heavy atom. The van der Waals surface area contributed by atoms with Crippen LogP contribution in [0.15, 0.2) is 36.4 Å². The first-order valence-electron chi connectivity index (χ1n) is 7.32. The molecule has 0 fully saturated rings. The molecule has 0 bridgehead atoms. The molecule has 1 aromatic carbocycles. The summed E-state index contributed by atoms with van der Waals surface area (Å²) in [5.41, 5.74) is 1.86.